The number of amides is 1. The Morgan fingerprint density at radius 3 is 2.72 bits per heavy atom. The third-order valence-corrected chi connectivity index (χ3v) is 4.62. The average molecular weight is 378 g/mol. The normalized spacial score (nSPS) is 10.7. The maximum absolute atomic E-state index is 12.2. The number of aromatic amines is 1. The first-order chi connectivity index (χ1) is 12.1. The zero-order valence-corrected chi connectivity index (χ0v) is 15.2. The summed E-state index contributed by atoms with van der Waals surface area (Å²) < 4.78 is 10.4. The van der Waals surface area contributed by atoms with E-state index >= 15 is 0 Å². The summed E-state index contributed by atoms with van der Waals surface area (Å²) in [6.07, 6.45) is 0. The average Bonchev–Trinajstić information content (AvgIpc) is 3.03. The van der Waals surface area contributed by atoms with E-state index < -0.39 is 0 Å². The van der Waals surface area contributed by atoms with Crippen molar-refractivity contribution in [3.05, 3.63) is 41.4 Å². The highest BCUT2D eigenvalue weighted by molar-refractivity contribution is 7.99. The number of carbonyl (C=O) groups is 1. The molecule has 0 atom stereocenters. The van der Waals surface area contributed by atoms with Crippen LogP contribution in [0.4, 0.5) is 5.69 Å². The number of hydrogen-bond donors (Lipinski definition) is 2. The van der Waals surface area contributed by atoms with Gasteiger partial charge >= 0.3 is 0 Å². The molecule has 2 aromatic carbocycles. The van der Waals surface area contributed by atoms with Crippen molar-refractivity contribution in [2.75, 3.05) is 25.3 Å². The second kappa shape index (κ2) is 7.67. The first-order valence-electron chi connectivity index (χ1n) is 7.39. The molecular formula is C17H16ClN3O3S. The number of imidazole rings is 1. The number of halogens is 1. The van der Waals surface area contributed by atoms with E-state index in [0.717, 1.165) is 11.0 Å². The molecule has 0 bridgehead atoms. The van der Waals surface area contributed by atoms with Crippen molar-refractivity contribution in [3.63, 3.8) is 0 Å². The van der Waals surface area contributed by atoms with E-state index in [4.69, 9.17) is 21.1 Å². The molecule has 0 aliphatic rings. The Morgan fingerprint density at radius 1 is 1.24 bits per heavy atom. The molecule has 1 amide bonds. The van der Waals surface area contributed by atoms with Gasteiger partial charge in [-0.05, 0) is 18.2 Å². The van der Waals surface area contributed by atoms with Crippen LogP contribution in [-0.4, -0.2) is 35.8 Å². The lowest BCUT2D eigenvalue weighted by Crippen LogP contribution is -2.15. The second-order valence-corrected chi connectivity index (χ2v) is 6.45. The minimum Gasteiger partial charge on any atom is -0.495 e. The molecule has 1 aromatic heterocycles. The van der Waals surface area contributed by atoms with Gasteiger partial charge in [-0.25, -0.2) is 4.98 Å². The van der Waals surface area contributed by atoms with Crippen molar-refractivity contribution in [2.24, 2.45) is 0 Å². The van der Waals surface area contributed by atoms with Gasteiger partial charge in [0.2, 0.25) is 5.91 Å². The number of rotatable bonds is 6. The Morgan fingerprint density at radius 2 is 2.00 bits per heavy atom. The van der Waals surface area contributed by atoms with Gasteiger partial charge in [-0.15, -0.1) is 0 Å². The zero-order valence-electron chi connectivity index (χ0n) is 13.6. The van der Waals surface area contributed by atoms with Gasteiger partial charge in [0, 0.05) is 6.07 Å². The molecule has 3 aromatic rings. The van der Waals surface area contributed by atoms with Crippen molar-refractivity contribution in [1.82, 2.24) is 9.97 Å². The number of anilines is 1. The molecule has 0 aliphatic heterocycles. The van der Waals surface area contributed by atoms with Crippen LogP contribution in [0.1, 0.15) is 0 Å². The number of nitrogens with one attached hydrogen (secondary N) is 2. The number of benzene rings is 2. The summed E-state index contributed by atoms with van der Waals surface area (Å²) >= 11 is 7.43. The van der Waals surface area contributed by atoms with E-state index in [-0.39, 0.29) is 11.7 Å². The molecule has 0 aliphatic carbocycles. The lowest BCUT2D eigenvalue weighted by atomic mass is 10.2. The van der Waals surface area contributed by atoms with E-state index in [9.17, 15) is 4.79 Å². The van der Waals surface area contributed by atoms with Crippen LogP contribution in [0.15, 0.2) is 41.6 Å². The first-order valence-corrected chi connectivity index (χ1v) is 8.76. The molecular weight excluding hydrogens is 362 g/mol. The molecule has 6 nitrogen and oxygen atoms in total. The standard InChI is InChI=1S/C17H16ClN3O3S/c1-23-14-8-15(24-2)13(7-10(14)18)19-16(22)9-25-17-20-11-5-3-4-6-12(11)21-17/h3-8H,9H2,1-2H3,(H,19,22)(H,20,21). The molecule has 8 heteroatoms. The SMILES string of the molecule is COc1cc(OC)c(NC(=O)CSc2nc3ccccc3[nH]2)cc1Cl. The third-order valence-electron chi connectivity index (χ3n) is 3.46. The third kappa shape index (κ3) is 4.00. The van der Waals surface area contributed by atoms with Crippen molar-refractivity contribution in [1.29, 1.82) is 0 Å². The van der Waals surface area contributed by atoms with Gasteiger partial charge in [-0.2, -0.15) is 0 Å². The summed E-state index contributed by atoms with van der Waals surface area (Å²) in [5, 5.41) is 3.87. The number of ether oxygens (including phenoxy) is 2. The maximum Gasteiger partial charge on any atom is 0.234 e. The number of fused-ring (bicyclic) bond motifs is 1. The highest BCUT2D eigenvalue weighted by Crippen LogP contribution is 2.36. The summed E-state index contributed by atoms with van der Waals surface area (Å²) in [7, 11) is 3.03. The Balaban J connectivity index is 1.67. The molecule has 1 heterocycles. The molecule has 0 saturated carbocycles. The number of nitrogens with zero attached hydrogens (tertiary/aromatic N) is 1. The Labute approximate surface area is 153 Å². The molecule has 130 valence electrons. The van der Waals surface area contributed by atoms with Crippen molar-refractivity contribution in [3.8, 4) is 11.5 Å². The van der Waals surface area contributed by atoms with Gasteiger partial charge in [0.25, 0.3) is 0 Å². The minimum absolute atomic E-state index is 0.190. The van der Waals surface area contributed by atoms with Gasteiger partial charge in [0.15, 0.2) is 5.16 Å². The minimum atomic E-state index is -0.190. The molecule has 2 N–H and O–H groups in total. The van der Waals surface area contributed by atoms with E-state index in [1.807, 2.05) is 24.3 Å². The largest absolute Gasteiger partial charge is 0.495 e. The van der Waals surface area contributed by atoms with Crippen LogP contribution < -0.4 is 14.8 Å². The highest BCUT2D eigenvalue weighted by atomic mass is 35.5. The number of thioether (sulfide) groups is 1. The van der Waals surface area contributed by atoms with Crippen LogP contribution in [0.5, 0.6) is 11.5 Å². The van der Waals surface area contributed by atoms with E-state index in [1.165, 1.54) is 26.0 Å². The highest BCUT2D eigenvalue weighted by Gasteiger charge is 2.13. The number of methoxy groups -OCH3 is 2. The lowest BCUT2D eigenvalue weighted by molar-refractivity contribution is -0.113. The van der Waals surface area contributed by atoms with E-state index in [2.05, 4.69) is 15.3 Å². The van der Waals surface area contributed by atoms with Crippen LogP contribution in [0.3, 0.4) is 0 Å². The molecule has 0 fully saturated rings. The van der Waals surface area contributed by atoms with Gasteiger partial charge in [-0.1, -0.05) is 35.5 Å². The quantitative estimate of drug-likeness (QED) is 0.636. The molecule has 0 spiro atoms. The summed E-state index contributed by atoms with van der Waals surface area (Å²) in [6, 6.07) is 10.9. The topological polar surface area (TPSA) is 76.2 Å². The van der Waals surface area contributed by atoms with Gasteiger partial charge in [0.05, 0.1) is 41.7 Å². The first kappa shape index (κ1) is 17.4. The van der Waals surface area contributed by atoms with Crippen LogP contribution in [-0.2, 0) is 4.79 Å². The fraction of sp³-hybridized carbons (Fsp3) is 0.176. The van der Waals surface area contributed by atoms with Crippen molar-refractivity contribution in [2.45, 2.75) is 5.16 Å². The number of para-hydroxylation sites is 2. The fourth-order valence-electron chi connectivity index (χ4n) is 2.28. The maximum atomic E-state index is 12.2. The number of hydrogen-bond acceptors (Lipinski definition) is 5. The number of H-pyrrole nitrogens is 1. The number of carbonyl (C=O) groups excluding carboxylic acids is 1. The van der Waals surface area contributed by atoms with Crippen LogP contribution in [0, 0.1) is 0 Å². The van der Waals surface area contributed by atoms with Gasteiger partial charge in [0.1, 0.15) is 11.5 Å². The van der Waals surface area contributed by atoms with Crippen LogP contribution in [0.25, 0.3) is 11.0 Å². The number of aromatic nitrogens is 2. The molecule has 0 radical (unpaired) electrons. The summed E-state index contributed by atoms with van der Waals surface area (Å²) in [5.74, 6) is 0.966. The lowest BCUT2D eigenvalue weighted by Gasteiger charge is -2.12. The van der Waals surface area contributed by atoms with Gasteiger partial charge in [-0.3, -0.25) is 4.79 Å². The summed E-state index contributed by atoms with van der Waals surface area (Å²) in [6.45, 7) is 0. The predicted octanol–water partition coefficient (Wildman–Crippen LogP) is 3.96. The second-order valence-electron chi connectivity index (χ2n) is 5.08. The molecule has 0 saturated heterocycles. The van der Waals surface area contributed by atoms with Crippen molar-refractivity contribution >= 4 is 46.0 Å². The Hall–Kier alpha value is -2.38. The molecule has 3 rings (SSSR count). The Kier molecular flexibility index (Phi) is 5.35. The molecule has 0 unspecified atom stereocenters. The van der Waals surface area contributed by atoms with Crippen LogP contribution in [0.2, 0.25) is 5.02 Å². The zero-order chi connectivity index (χ0) is 17.8. The predicted molar refractivity (Wildman–Crippen MR) is 100 cm³/mol. The Bertz CT molecular complexity index is 880. The van der Waals surface area contributed by atoms with Crippen molar-refractivity contribution < 1.29 is 14.3 Å². The smallest absolute Gasteiger partial charge is 0.234 e. The van der Waals surface area contributed by atoms with Crippen LogP contribution >= 0.6 is 23.4 Å². The summed E-state index contributed by atoms with van der Waals surface area (Å²) in [4.78, 5) is 19.8. The van der Waals surface area contributed by atoms with Gasteiger partial charge < -0.3 is 19.8 Å². The fourth-order valence-corrected chi connectivity index (χ4v) is 3.20. The van der Waals surface area contributed by atoms with E-state index in [0.29, 0.717) is 27.4 Å². The molecule has 25 heavy (non-hydrogen) atoms. The summed E-state index contributed by atoms with van der Waals surface area (Å²) in [5.41, 5.74) is 2.30. The monoisotopic (exact) mass is 377 g/mol. The van der Waals surface area contributed by atoms with E-state index in [1.54, 1.807) is 12.1 Å².